The monoisotopic (exact) mass is 345 g/mol. The van der Waals surface area contributed by atoms with E-state index in [0.717, 1.165) is 23.1 Å². The number of aliphatic hydroxyl groups is 1. The first-order valence-corrected chi connectivity index (χ1v) is 8.22. The van der Waals surface area contributed by atoms with Crippen molar-refractivity contribution in [2.75, 3.05) is 18.0 Å². The molecule has 1 heterocycles. The molecule has 0 saturated carbocycles. The summed E-state index contributed by atoms with van der Waals surface area (Å²) in [6, 6.07) is 16.9. The molecule has 0 aliphatic carbocycles. The van der Waals surface area contributed by atoms with Crippen LogP contribution in [-0.4, -0.2) is 18.2 Å². The van der Waals surface area contributed by atoms with Gasteiger partial charge in [-0.1, -0.05) is 36.4 Å². The van der Waals surface area contributed by atoms with E-state index in [1.54, 1.807) is 6.92 Å². The number of rotatable bonds is 3. The van der Waals surface area contributed by atoms with Crippen molar-refractivity contribution in [1.82, 2.24) is 0 Å². The maximum Gasteiger partial charge on any atom is 0.0762 e. The van der Waals surface area contributed by atoms with E-state index >= 15 is 0 Å². The number of aliphatic hydroxyl groups excluding tert-OH is 1. The molecule has 1 aliphatic heterocycles. The fraction of sp³-hybridized carbons (Fsp3) is 0.333. The van der Waals surface area contributed by atoms with E-state index in [2.05, 4.69) is 57.2 Å². The summed E-state index contributed by atoms with van der Waals surface area (Å²) in [5, 5.41) is 9.66. The Morgan fingerprint density at radius 2 is 1.95 bits per heavy atom. The van der Waals surface area contributed by atoms with Gasteiger partial charge in [0.1, 0.15) is 0 Å². The number of hydrogen-bond acceptors (Lipinski definition) is 2. The van der Waals surface area contributed by atoms with Crippen molar-refractivity contribution in [3.8, 4) is 0 Å². The molecule has 3 rings (SSSR count). The first-order valence-electron chi connectivity index (χ1n) is 7.42. The van der Waals surface area contributed by atoms with Gasteiger partial charge >= 0.3 is 0 Å². The minimum atomic E-state index is -0.425. The molecule has 2 atom stereocenters. The Hall–Kier alpha value is -1.32. The lowest BCUT2D eigenvalue weighted by atomic mass is 9.99. The van der Waals surface area contributed by atoms with E-state index in [9.17, 15) is 5.11 Å². The highest BCUT2D eigenvalue weighted by atomic mass is 79.9. The number of benzene rings is 2. The summed E-state index contributed by atoms with van der Waals surface area (Å²) in [6.07, 6.45) is 0.764. The predicted molar refractivity (Wildman–Crippen MR) is 90.8 cm³/mol. The molecule has 0 bridgehead atoms. The minimum Gasteiger partial charge on any atom is -0.389 e. The van der Waals surface area contributed by atoms with Crippen LogP contribution in [0.1, 0.15) is 36.5 Å². The van der Waals surface area contributed by atoms with Gasteiger partial charge in [0.05, 0.1) is 11.8 Å². The van der Waals surface area contributed by atoms with Gasteiger partial charge in [-0.25, -0.2) is 0 Å². The first kappa shape index (κ1) is 14.6. The minimum absolute atomic E-state index is 0.425. The van der Waals surface area contributed by atoms with Crippen molar-refractivity contribution in [2.45, 2.75) is 25.4 Å². The van der Waals surface area contributed by atoms with E-state index < -0.39 is 6.10 Å². The van der Waals surface area contributed by atoms with Gasteiger partial charge in [-0.2, -0.15) is 0 Å². The summed E-state index contributed by atoms with van der Waals surface area (Å²) in [4.78, 5) is 2.42. The molecule has 2 aromatic carbocycles. The third-order valence-corrected chi connectivity index (χ3v) is 4.89. The van der Waals surface area contributed by atoms with Crippen LogP contribution in [-0.2, 0) is 0 Å². The molecule has 0 radical (unpaired) electrons. The fourth-order valence-corrected chi connectivity index (χ4v) is 3.66. The van der Waals surface area contributed by atoms with Gasteiger partial charge in [-0.15, -0.1) is 0 Å². The van der Waals surface area contributed by atoms with Gasteiger partial charge in [0.15, 0.2) is 0 Å². The molecule has 1 fully saturated rings. The van der Waals surface area contributed by atoms with Crippen LogP contribution in [0.25, 0.3) is 0 Å². The highest BCUT2D eigenvalue weighted by molar-refractivity contribution is 9.10. The average Bonchev–Trinajstić information content (AvgIpc) is 2.97. The van der Waals surface area contributed by atoms with Crippen molar-refractivity contribution < 1.29 is 5.11 Å². The Bertz CT molecular complexity index is 612. The third-order valence-electron chi connectivity index (χ3n) is 4.25. The van der Waals surface area contributed by atoms with Gasteiger partial charge in [-0.3, -0.25) is 0 Å². The Kier molecular flexibility index (Phi) is 4.32. The molecule has 21 heavy (non-hydrogen) atoms. The van der Waals surface area contributed by atoms with Crippen LogP contribution in [0.5, 0.6) is 0 Å². The van der Waals surface area contributed by atoms with Crippen molar-refractivity contribution >= 4 is 21.6 Å². The Labute approximate surface area is 134 Å². The quantitative estimate of drug-likeness (QED) is 0.885. The maximum atomic E-state index is 9.66. The molecule has 3 heteroatoms. The first-order chi connectivity index (χ1) is 10.1. The van der Waals surface area contributed by atoms with Crippen molar-refractivity contribution in [1.29, 1.82) is 0 Å². The molecule has 0 aromatic heterocycles. The largest absolute Gasteiger partial charge is 0.389 e. The predicted octanol–water partition coefficient (Wildman–Crippen LogP) is 4.50. The van der Waals surface area contributed by atoms with Gasteiger partial charge in [0.2, 0.25) is 0 Å². The summed E-state index contributed by atoms with van der Waals surface area (Å²) in [5.41, 5.74) is 3.60. The summed E-state index contributed by atoms with van der Waals surface area (Å²) in [7, 11) is 0. The summed E-state index contributed by atoms with van der Waals surface area (Å²) < 4.78 is 1.06. The highest BCUT2D eigenvalue weighted by Gasteiger charge is 2.25. The molecule has 0 amide bonds. The van der Waals surface area contributed by atoms with Crippen molar-refractivity contribution in [3.63, 3.8) is 0 Å². The maximum absolute atomic E-state index is 9.66. The normalized spacial score (nSPS) is 19.8. The summed E-state index contributed by atoms with van der Waals surface area (Å²) in [6.45, 7) is 3.92. The van der Waals surface area contributed by atoms with Crippen LogP contribution in [0.15, 0.2) is 53.0 Å². The fourth-order valence-electron chi connectivity index (χ4n) is 3.02. The van der Waals surface area contributed by atoms with Crippen LogP contribution >= 0.6 is 15.9 Å². The van der Waals surface area contributed by atoms with Crippen LogP contribution in [0, 0.1) is 0 Å². The number of halogens is 1. The van der Waals surface area contributed by atoms with Crippen molar-refractivity contribution in [2.24, 2.45) is 0 Å². The second-order valence-corrected chi connectivity index (χ2v) is 6.58. The van der Waals surface area contributed by atoms with E-state index in [1.165, 1.54) is 17.7 Å². The number of hydrogen-bond donors (Lipinski definition) is 1. The Balaban J connectivity index is 1.77. The van der Waals surface area contributed by atoms with Crippen LogP contribution in [0.3, 0.4) is 0 Å². The standard InChI is InChI=1S/C18H20BrNO/c1-13(21)15-7-8-18(17(19)11-15)20-10-9-16(12-20)14-5-3-2-4-6-14/h2-8,11,13,16,21H,9-10,12H2,1H3/t13-,16?/m1/s1. The topological polar surface area (TPSA) is 23.5 Å². The van der Waals surface area contributed by atoms with Crippen LogP contribution < -0.4 is 4.90 Å². The van der Waals surface area contributed by atoms with Crippen LogP contribution in [0.4, 0.5) is 5.69 Å². The number of anilines is 1. The summed E-state index contributed by atoms with van der Waals surface area (Å²) >= 11 is 3.65. The lowest BCUT2D eigenvalue weighted by molar-refractivity contribution is 0.199. The zero-order valence-corrected chi connectivity index (χ0v) is 13.8. The zero-order chi connectivity index (χ0) is 14.8. The second kappa shape index (κ2) is 6.20. The zero-order valence-electron chi connectivity index (χ0n) is 12.2. The van der Waals surface area contributed by atoms with Gasteiger partial charge < -0.3 is 10.0 Å². The molecule has 1 N–H and O–H groups in total. The van der Waals surface area contributed by atoms with E-state index in [0.29, 0.717) is 5.92 Å². The average molecular weight is 346 g/mol. The van der Waals surface area contributed by atoms with Gasteiger partial charge in [0, 0.05) is 23.5 Å². The second-order valence-electron chi connectivity index (χ2n) is 5.73. The molecule has 110 valence electrons. The van der Waals surface area contributed by atoms with E-state index in [1.807, 2.05) is 12.1 Å². The molecule has 0 spiro atoms. The van der Waals surface area contributed by atoms with Gasteiger partial charge in [0.25, 0.3) is 0 Å². The van der Waals surface area contributed by atoms with Crippen LogP contribution in [0.2, 0.25) is 0 Å². The van der Waals surface area contributed by atoms with Crippen molar-refractivity contribution in [3.05, 3.63) is 64.1 Å². The molecule has 1 unspecified atom stereocenters. The molecular weight excluding hydrogens is 326 g/mol. The highest BCUT2D eigenvalue weighted by Crippen LogP contribution is 2.35. The van der Waals surface area contributed by atoms with Gasteiger partial charge in [-0.05, 0) is 52.5 Å². The Morgan fingerprint density at radius 1 is 1.19 bits per heavy atom. The SMILES string of the molecule is C[C@@H](O)c1ccc(N2CCC(c3ccccc3)C2)c(Br)c1. The number of nitrogens with zero attached hydrogens (tertiary/aromatic N) is 1. The molecule has 1 aliphatic rings. The molecular formula is C18H20BrNO. The lowest BCUT2D eigenvalue weighted by Crippen LogP contribution is -2.19. The molecule has 2 nitrogen and oxygen atoms in total. The molecule has 2 aromatic rings. The summed E-state index contributed by atoms with van der Waals surface area (Å²) in [5.74, 6) is 0.606. The van der Waals surface area contributed by atoms with E-state index in [4.69, 9.17) is 0 Å². The molecule has 1 saturated heterocycles. The Morgan fingerprint density at radius 3 is 2.62 bits per heavy atom. The smallest absolute Gasteiger partial charge is 0.0762 e. The lowest BCUT2D eigenvalue weighted by Gasteiger charge is -2.21. The third kappa shape index (κ3) is 3.14. The van der Waals surface area contributed by atoms with E-state index in [-0.39, 0.29) is 0 Å².